The average molecular weight is 338 g/mol. The van der Waals surface area contributed by atoms with Crippen LogP contribution >= 0.6 is 0 Å². The molecule has 0 aliphatic heterocycles. The normalized spacial score (nSPS) is 10.6. The summed E-state index contributed by atoms with van der Waals surface area (Å²) < 4.78 is 2.75. The van der Waals surface area contributed by atoms with Crippen LogP contribution in [0.1, 0.15) is 21.5 Å². The van der Waals surface area contributed by atoms with Gasteiger partial charge in [-0.2, -0.15) is 5.10 Å². The van der Waals surface area contributed by atoms with Crippen LogP contribution in [0.4, 0.5) is 0 Å². The number of benzene rings is 1. The number of aryl methyl sites for hydroxylation is 2. The second-order valence-electron chi connectivity index (χ2n) is 5.67. The van der Waals surface area contributed by atoms with Gasteiger partial charge in [0.15, 0.2) is 5.82 Å². The van der Waals surface area contributed by atoms with E-state index >= 15 is 0 Å². The molecule has 2 aromatic heterocycles. The van der Waals surface area contributed by atoms with E-state index in [2.05, 4.69) is 20.5 Å². The van der Waals surface area contributed by atoms with Crippen LogP contribution in [-0.4, -0.2) is 37.0 Å². The fraction of sp³-hybridized carbons (Fsp3) is 0.235. The second-order valence-corrected chi connectivity index (χ2v) is 5.67. The first kappa shape index (κ1) is 16.6. The zero-order valence-corrected chi connectivity index (χ0v) is 14.0. The summed E-state index contributed by atoms with van der Waals surface area (Å²) in [7, 11) is 0. The van der Waals surface area contributed by atoms with E-state index in [1.54, 1.807) is 12.1 Å². The molecule has 8 nitrogen and oxygen atoms in total. The zero-order valence-electron chi connectivity index (χ0n) is 14.0. The fourth-order valence-electron chi connectivity index (χ4n) is 2.49. The number of hydrogen-bond donors (Lipinski definition) is 1. The summed E-state index contributed by atoms with van der Waals surface area (Å²) in [5, 5.41) is 11.0. The molecule has 0 saturated heterocycles. The van der Waals surface area contributed by atoms with Gasteiger partial charge >= 0.3 is 0 Å². The van der Waals surface area contributed by atoms with Crippen molar-refractivity contribution in [3.63, 3.8) is 0 Å². The first-order valence-corrected chi connectivity index (χ1v) is 7.83. The molecule has 1 aromatic carbocycles. The number of hydrogen-bond acceptors (Lipinski definition) is 5. The van der Waals surface area contributed by atoms with Crippen LogP contribution in [0, 0.1) is 13.8 Å². The number of nitrogens with one attached hydrogen (secondary N) is 1. The molecule has 25 heavy (non-hydrogen) atoms. The molecule has 0 saturated carbocycles. The van der Waals surface area contributed by atoms with Crippen LogP contribution < -0.4 is 10.9 Å². The van der Waals surface area contributed by atoms with E-state index in [4.69, 9.17) is 0 Å². The fourth-order valence-corrected chi connectivity index (χ4v) is 2.49. The van der Waals surface area contributed by atoms with E-state index < -0.39 is 0 Å². The van der Waals surface area contributed by atoms with Gasteiger partial charge in [0.25, 0.3) is 11.5 Å². The third-order valence-electron chi connectivity index (χ3n) is 3.74. The van der Waals surface area contributed by atoms with Gasteiger partial charge in [0.1, 0.15) is 12.7 Å². The predicted octanol–water partition coefficient (Wildman–Crippen LogP) is 0.871. The summed E-state index contributed by atoms with van der Waals surface area (Å²) in [4.78, 5) is 28.0. The molecule has 0 aliphatic carbocycles. The molecule has 0 unspecified atom stereocenters. The van der Waals surface area contributed by atoms with Gasteiger partial charge in [-0.15, -0.1) is 5.10 Å². The van der Waals surface area contributed by atoms with Gasteiger partial charge in [-0.3, -0.25) is 9.59 Å². The maximum absolute atomic E-state index is 12.3. The lowest BCUT2D eigenvalue weighted by Gasteiger charge is -2.10. The molecular weight excluding hydrogens is 320 g/mol. The summed E-state index contributed by atoms with van der Waals surface area (Å²) in [6.45, 7) is 4.43. The molecule has 0 spiro atoms. The van der Waals surface area contributed by atoms with E-state index in [0.717, 1.165) is 11.1 Å². The lowest BCUT2D eigenvalue weighted by Crippen LogP contribution is -2.32. The molecule has 8 heteroatoms. The Labute approximate surface area is 144 Å². The Morgan fingerprint density at radius 1 is 1.20 bits per heavy atom. The highest BCUT2D eigenvalue weighted by Gasteiger charge is 2.09. The largest absolute Gasteiger partial charge is 0.350 e. The molecular formula is C17H18N6O2. The van der Waals surface area contributed by atoms with Crippen molar-refractivity contribution in [3.05, 3.63) is 70.0 Å². The molecule has 0 bridgehead atoms. The van der Waals surface area contributed by atoms with Gasteiger partial charge in [-0.05, 0) is 31.5 Å². The molecule has 128 valence electrons. The molecule has 0 atom stereocenters. The minimum Gasteiger partial charge on any atom is -0.350 e. The van der Waals surface area contributed by atoms with E-state index in [-0.39, 0.29) is 18.0 Å². The molecule has 2 heterocycles. The Morgan fingerprint density at radius 3 is 2.76 bits per heavy atom. The summed E-state index contributed by atoms with van der Waals surface area (Å²) in [6, 6.07) is 8.64. The van der Waals surface area contributed by atoms with Crippen LogP contribution in [-0.2, 0) is 6.54 Å². The first-order valence-electron chi connectivity index (χ1n) is 7.83. The van der Waals surface area contributed by atoms with Crippen LogP contribution in [0.2, 0.25) is 0 Å². The minimum absolute atomic E-state index is 0.169. The molecule has 1 N–H and O–H groups in total. The average Bonchev–Trinajstić information content (AvgIpc) is 3.11. The molecule has 0 aliphatic rings. The standard InChI is InChI=1S/C17H18N6O2/c1-12-3-4-14(13(2)9-12)17(25)19-7-8-22-16(24)6-5-15(21-22)23-11-18-10-20-23/h3-6,9-11H,7-8H2,1-2H3,(H,19,25). The lowest BCUT2D eigenvalue weighted by atomic mass is 10.1. The van der Waals surface area contributed by atoms with Crippen LogP contribution in [0.25, 0.3) is 5.82 Å². The maximum atomic E-state index is 12.3. The van der Waals surface area contributed by atoms with Gasteiger partial charge < -0.3 is 5.32 Å². The van der Waals surface area contributed by atoms with Crippen LogP contribution in [0.3, 0.4) is 0 Å². The maximum Gasteiger partial charge on any atom is 0.266 e. The minimum atomic E-state index is -0.246. The lowest BCUT2D eigenvalue weighted by molar-refractivity contribution is 0.0951. The predicted molar refractivity (Wildman–Crippen MR) is 91.7 cm³/mol. The number of carbonyl (C=O) groups is 1. The first-order chi connectivity index (χ1) is 12.0. The van der Waals surface area contributed by atoms with Crippen molar-refractivity contribution in [1.29, 1.82) is 0 Å². The Kier molecular flexibility index (Phi) is 4.69. The quantitative estimate of drug-likeness (QED) is 0.745. The zero-order chi connectivity index (χ0) is 17.8. The number of rotatable bonds is 5. The van der Waals surface area contributed by atoms with Crippen molar-refractivity contribution in [2.45, 2.75) is 20.4 Å². The Morgan fingerprint density at radius 2 is 2.04 bits per heavy atom. The van der Waals surface area contributed by atoms with Gasteiger partial charge in [0.05, 0.1) is 6.54 Å². The third kappa shape index (κ3) is 3.79. The van der Waals surface area contributed by atoms with Gasteiger partial charge in [-0.25, -0.2) is 14.3 Å². The Bertz CT molecular complexity index is 946. The topological polar surface area (TPSA) is 94.7 Å². The van der Waals surface area contributed by atoms with E-state index in [1.165, 1.54) is 28.1 Å². The van der Waals surface area contributed by atoms with Crippen molar-refractivity contribution in [2.24, 2.45) is 0 Å². The van der Waals surface area contributed by atoms with Gasteiger partial charge in [0.2, 0.25) is 0 Å². The van der Waals surface area contributed by atoms with E-state index in [9.17, 15) is 9.59 Å². The third-order valence-corrected chi connectivity index (χ3v) is 3.74. The van der Waals surface area contributed by atoms with Crippen molar-refractivity contribution in [2.75, 3.05) is 6.54 Å². The molecule has 0 fully saturated rings. The molecule has 3 rings (SSSR count). The Balaban J connectivity index is 1.67. The molecule has 1 amide bonds. The summed E-state index contributed by atoms with van der Waals surface area (Å²) in [5.74, 6) is 0.316. The van der Waals surface area contributed by atoms with E-state index in [0.29, 0.717) is 17.9 Å². The van der Waals surface area contributed by atoms with Crippen LogP contribution in [0.5, 0.6) is 0 Å². The van der Waals surface area contributed by atoms with Crippen LogP contribution in [0.15, 0.2) is 47.8 Å². The highest BCUT2D eigenvalue weighted by molar-refractivity contribution is 5.95. The van der Waals surface area contributed by atoms with Crippen molar-refractivity contribution >= 4 is 5.91 Å². The van der Waals surface area contributed by atoms with Crippen molar-refractivity contribution in [3.8, 4) is 5.82 Å². The summed E-state index contributed by atoms with van der Waals surface area (Å²) >= 11 is 0. The Hall–Kier alpha value is -3.29. The van der Waals surface area contributed by atoms with E-state index in [1.807, 2.05) is 26.0 Å². The van der Waals surface area contributed by atoms with Crippen molar-refractivity contribution in [1.82, 2.24) is 29.9 Å². The molecule has 0 radical (unpaired) electrons. The number of nitrogens with zero attached hydrogens (tertiary/aromatic N) is 5. The SMILES string of the molecule is Cc1ccc(C(=O)NCCn2nc(-n3cncn3)ccc2=O)c(C)c1. The highest BCUT2D eigenvalue weighted by Crippen LogP contribution is 2.10. The van der Waals surface area contributed by atoms with Gasteiger partial charge in [0, 0.05) is 18.2 Å². The highest BCUT2D eigenvalue weighted by atomic mass is 16.2. The number of amides is 1. The monoisotopic (exact) mass is 338 g/mol. The second kappa shape index (κ2) is 7.08. The number of aromatic nitrogens is 5. The smallest absolute Gasteiger partial charge is 0.266 e. The summed E-state index contributed by atoms with van der Waals surface area (Å²) in [6.07, 6.45) is 2.89. The van der Waals surface area contributed by atoms with Crippen molar-refractivity contribution < 1.29 is 4.79 Å². The van der Waals surface area contributed by atoms with Gasteiger partial charge in [-0.1, -0.05) is 17.7 Å². The number of carbonyl (C=O) groups excluding carboxylic acids is 1. The molecule has 3 aromatic rings. The summed E-state index contributed by atoms with van der Waals surface area (Å²) in [5.41, 5.74) is 2.41.